The second kappa shape index (κ2) is 4.85. The highest BCUT2D eigenvalue weighted by atomic mass is 32.2. The van der Waals surface area contributed by atoms with Crippen LogP contribution in [0.1, 0.15) is 0 Å². The van der Waals surface area contributed by atoms with E-state index in [0.717, 1.165) is 27.2 Å². The number of nitrogens with zero attached hydrogens (tertiary/aromatic N) is 3. The van der Waals surface area contributed by atoms with Gasteiger partial charge in [-0.1, -0.05) is 0 Å². The molecule has 98 valence electrons. The zero-order valence-corrected chi connectivity index (χ0v) is 11.4. The van der Waals surface area contributed by atoms with Crippen LogP contribution in [0.4, 0.5) is 5.69 Å². The largest absolute Gasteiger partial charge is 0.494 e. The third kappa shape index (κ3) is 2.12. The Kier molecular flexibility index (Phi) is 3.04. The first-order chi connectivity index (χ1) is 9.29. The Balaban J connectivity index is 2.01. The number of aryl methyl sites for hydroxylation is 1. The van der Waals surface area contributed by atoms with E-state index in [1.165, 1.54) is 11.9 Å². The van der Waals surface area contributed by atoms with Crippen molar-refractivity contribution >= 4 is 28.5 Å². The van der Waals surface area contributed by atoms with Gasteiger partial charge in [-0.2, -0.15) is 10.2 Å². The van der Waals surface area contributed by atoms with Crippen LogP contribution in [-0.2, 0) is 7.05 Å². The van der Waals surface area contributed by atoms with Crippen LogP contribution in [0.2, 0.25) is 0 Å². The predicted octanol–water partition coefficient (Wildman–Crippen LogP) is 2.42. The van der Waals surface area contributed by atoms with Gasteiger partial charge in [0.05, 0.1) is 29.9 Å². The Morgan fingerprint density at radius 3 is 3.00 bits per heavy atom. The fourth-order valence-corrected chi connectivity index (χ4v) is 2.56. The molecule has 0 amide bonds. The van der Waals surface area contributed by atoms with Crippen molar-refractivity contribution in [3.8, 4) is 5.75 Å². The molecule has 0 saturated carbocycles. The molecule has 3 aromatic rings. The Bertz CT molecular complexity index is 692. The Labute approximate surface area is 114 Å². The quantitative estimate of drug-likeness (QED) is 0.716. The third-order valence-corrected chi connectivity index (χ3v) is 3.59. The summed E-state index contributed by atoms with van der Waals surface area (Å²) in [6.45, 7) is 0. The number of methoxy groups -OCH3 is 1. The second-order valence-electron chi connectivity index (χ2n) is 3.99. The van der Waals surface area contributed by atoms with Crippen molar-refractivity contribution in [3.63, 3.8) is 0 Å². The summed E-state index contributed by atoms with van der Waals surface area (Å²) in [7, 11) is 3.57. The van der Waals surface area contributed by atoms with Gasteiger partial charge in [0.1, 0.15) is 11.4 Å². The molecule has 0 spiro atoms. The number of nitrogens with one attached hydrogen (secondary N) is 2. The molecular weight excluding hydrogens is 262 g/mol. The normalized spacial score (nSPS) is 10.8. The minimum Gasteiger partial charge on any atom is -0.494 e. The van der Waals surface area contributed by atoms with E-state index in [9.17, 15) is 0 Å². The second-order valence-corrected chi connectivity index (χ2v) is 4.87. The van der Waals surface area contributed by atoms with Crippen molar-refractivity contribution in [1.29, 1.82) is 0 Å². The predicted molar refractivity (Wildman–Crippen MR) is 75.3 cm³/mol. The lowest BCUT2D eigenvalue weighted by Crippen LogP contribution is -1.97. The average molecular weight is 275 g/mol. The molecule has 0 aliphatic heterocycles. The fourth-order valence-electron chi connectivity index (χ4n) is 1.92. The number of aromatic nitrogens is 4. The summed E-state index contributed by atoms with van der Waals surface area (Å²) in [6.07, 6.45) is 5.42. The van der Waals surface area contributed by atoms with Crippen LogP contribution in [0, 0.1) is 0 Å². The van der Waals surface area contributed by atoms with Crippen LogP contribution < -0.4 is 9.46 Å². The van der Waals surface area contributed by atoms with Gasteiger partial charge in [0.25, 0.3) is 0 Å². The van der Waals surface area contributed by atoms with Crippen LogP contribution in [0.25, 0.3) is 10.9 Å². The number of anilines is 1. The standard InChI is InChI=1S/C12H13N5OS/c1-17-12-8(5-15-17)3-4-10(18-2)11(12)16-19-9-6-13-14-7-9/h3-7,16H,1-2H3,(H,13,14). The highest BCUT2D eigenvalue weighted by Crippen LogP contribution is 2.35. The first kappa shape index (κ1) is 11.9. The summed E-state index contributed by atoms with van der Waals surface area (Å²) in [6, 6.07) is 3.93. The van der Waals surface area contributed by atoms with E-state index < -0.39 is 0 Å². The van der Waals surface area contributed by atoms with E-state index in [-0.39, 0.29) is 0 Å². The van der Waals surface area contributed by atoms with Crippen molar-refractivity contribution in [2.24, 2.45) is 7.05 Å². The molecule has 0 bridgehead atoms. The molecular formula is C12H13N5OS. The molecule has 2 N–H and O–H groups in total. The van der Waals surface area contributed by atoms with Gasteiger partial charge in [-0.25, -0.2) is 0 Å². The first-order valence-electron chi connectivity index (χ1n) is 5.70. The number of H-pyrrole nitrogens is 1. The zero-order chi connectivity index (χ0) is 13.2. The molecule has 2 aromatic heterocycles. The molecule has 0 aliphatic rings. The minimum absolute atomic E-state index is 0.784. The van der Waals surface area contributed by atoms with Gasteiger partial charge in [0.15, 0.2) is 0 Å². The van der Waals surface area contributed by atoms with Crippen LogP contribution in [0.15, 0.2) is 35.6 Å². The Morgan fingerprint density at radius 2 is 2.26 bits per heavy atom. The van der Waals surface area contributed by atoms with Gasteiger partial charge >= 0.3 is 0 Å². The van der Waals surface area contributed by atoms with Gasteiger partial charge in [-0.3, -0.25) is 9.78 Å². The maximum absolute atomic E-state index is 5.41. The number of hydrogen-bond donors (Lipinski definition) is 2. The van der Waals surface area contributed by atoms with E-state index in [0.29, 0.717) is 0 Å². The minimum atomic E-state index is 0.784. The number of benzene rings is 1. The molecule has 0 fully saturated rings. The number of fused-ring (bicyclic) bond motifs is 1. The number of aromatic amines is 1. The lowest BCUT2D eigenvalue weighted by atomic mass is 10.2. The highest BCUT2D eigenvalue weighted by molar-refractivity contribution is 8.00. The SMILES string of the molecule is COc1ccc2cnn(C)c2c1NSc1cn[nH]c1. The maximum atomic E-state index is 5.41. The molecule has 6 nitrogen and oxygen atoms in total. The van der Waals surface area contributed by atoms with Crippen molar-refractivity contribution in [3.05, 3.63) is 30.7 Å². The maximum Gasteiger partial charge on any atom is 0.145 e. The molecule has 0 aliphatic carbocycles. The topological polar surface area (TPSA) is 67.8 Å². The van der Waals surface area contributed by atoms with Crippen molar-refractivity contribution in [2.45, 2.75) is 4.90 Å². The Morgan fingerprint density at radius 1 is 1.37 bits per heavy atom. The summed E-state index contributed by atoms with van der Waals surface area (Å²) in [4.78, 5) is 1.00. The molecule has 0 unspecified atom stereocenters. The van der Waals surface area contributed by atoms with Crippen molar-refractivity contribution < 1.29 is 4.74 Å². The van der Waals surface area contributed by atoms with Gasteiger partial charge in [0.2, 0.25) is 0 Å². The molecule has 1 aromatic carbocycles. The average Bonchev–Trinajstić information content (AvgIpc) is 3.06. The highest BCUT2D eigenvalue weighted by Gasteiger charge is 2.12. The Hall–Kier alpha value is -2.15. The lowest BCUT2D eigenvalue weighted by Gasteiger charge is -2.11. The molecule has 7 heteroatoms. The van der Waals surface area contributed by atoms with Gasteiger partial charge < -0.3 is 9.46 Å². The van der Waals surface area contributed by atoms with E-state index in [1.54, 1.807) is 13.3 Å². The number of hydrogen-bond acceptors (Lipinski definition) is 5. The molecule has 0 saturated heterocycles. The molecule has 0 atom stereocenters. The third-order valence-electron chi connectivity index (χ3n) is 2.83. The van der Waals surface area contributed by atoms with Crippen LogP contribution >= 0.6 is 11.9 Å². The van der Waals surface area contributed by atoms with Gasteiger partial charge in [0, 0.05) is 18.6 Å². The fraction of sp³-hybridized carbons (Fsp3) is 0.167. The van der Waals surface area contributed by atoms with Gasteiger partial charge in [-0.05, 0) is 24.1 Å². The summed E-state index contributed by atoms with van der Waals surface area (Å²) < 4.78 is 10.5. The molecule has 0 radical (unpaired) electrons. The molecule has 19 heavy (non-hydrogen) atoms. The van der Waals surface area contributed by atoms with Crippen molar-refractivity contribution in [2.75, 3.05) is 11.8 Å². The van der Waals surface area contributed by atoms with E-state index in [2.05, 4.69) is 20.0 Å². The van der Waals surface area contributed by atoms with Crippen LogP contribution in [0.3, 0.4) is 0 Å². The summed E-state index contributed by atoms with van der Waals surface area (Å²) in [5.74, 6) is 0.784. The van der Waals surface area contributed by atoms with Crippen LogP contribution in [0.5, 0.6) is 5.75 Å². The zero-order valence-electron chi connectivity index (χ0n) is 10.5. The summed E-state index contributed by atoms with van der Waals surface area (Å²) in [5, 5.41) is 12.0. The van der Waals surface area contributed by atoms with E-state index >= 15 is 0 Å². The summed E-state index contributed by atoms with van der Waals surface area (Å²) >= 11 is 1.47. The van der Waals surface area contributed by atoms with E-state index in [1.807, 2.05) is 36.3 Å². The number of rotatable bonds is 4. The van der Waals surface area contributed by atoms with E-state index in [4.69, 9.17) is 4.74 Å². The lowest BCUT2D eigenvalue weighted by molar-refractivity contribution is 0.417. The first-order valence-corrected chi connectivity index (χ1v) is 6.51. The molecule has 2 heterocycles. The number of ether oxygens (including phenoxy) is 1. The van der Waals surface area contributed by atoms with Crippen LogP contribution in [-0.4, -0.2) is 27.1 Å². The monoisotopic (exact) mass is 275 g/mol. The van der Waals surface area contributed by atoms with Crippen molar-refractivity contribution in [1.82, 2.24) is 20.0 Å². The summed E-state index contributed by atoms with van der Waals surface area (Å²) in [5.41, 5.74) is 1.92. The van der Waals surface area contributed by atoms with Gasteiger partial charge in [-0.15, -0.1) is 0 Å². The molecule has 3 rings (SSSR count). The smallest absolute Gasteiger partial charge is 0.145 e.